The molecule has 0 radical (unpaired) electrons. The van der Waals surface area contributed by atoms with Crippen LogP contribution < -0.4 is 10.6 Å². The molecule has 1 amide bonds. The quantitative estimate of drug-likeness (QED) is 0.435. The van der Waals surface area contributed by atoms with Gasteiger partial charge in [0.1, 0.15) is 12.6 Å². The van der Waals surface area contributed by atoms with Crippen LogP contribution >= 0.6 is 0 Å². The molecule has 1 aromatic carbocycles. The van der Waals surface area contributed by atoms with Gasteiger partial charge >= 0.3 is 0 Å². The number of aromatic nitrogens is 2. The number of rotatable bonds is 5. The minimum atomic E-state index is -1.64. The van der Waals surface area contributed by atoms with Gasteiger partial charge in [0.2, 0.25) is 5.91 Å². The molecule has 1 aromatic heterocycles. The first-order valence-corrected chi connectivity index (χ1v) is 9.45. The molecule has 0 spiro atoms. The first kappa shape index (κ1) is 21.6. The highest BCUT2D eigenvalue weighted by Crippen LogP contribution is 2.22. The minimum Gasteiger partial charge on any atom is -0.370 e. The van der Waals surface area contributed by atoms with Crippen molar-refractivity contribution >= 4 is 17.6 Å². The highest BCUT2D eigenvalue weighted by Gasteiger charge is 2.25. The first-order valence-electron chi connectivity index (χ1n) is 9.45. The normalized spacial score (nSPS) is 17.2. The summed E-state index contributed by atoms with van der Waals surface area (Å²) < 4.78 is 47.6. The van der Waals surface area contributed by atoms with E-state index in [1.54, 1.807) is 10.9 Å². The van der Waals surface area contributed by atoms with Crippen molar-refractivity contribution in [1.29, 1.82) is 0 Å². The SMILES string of the molecule is CCNC(=NCC(=O)Nc1ccc(F)c(F)c1F)N1CCOC(c2cnn(C)c2)C1. The predicted molar refractivity (Wildman–Crippen MR) is 104 cm³/mol. The molecular weight excluding hydrogens is 401 g/mol. The van der Waals surface area contributed by atoms with Crippen LogP contribution in [0.3, 0.4) is 0 Å². The van der Waals surface area contributed by atoms with Gasteiger partial charge in [0, 0.05) is 31.9 Å². The Bertz CT molecular complexity index is 933. The molecule has 0 aliphatic carbocycles. The second-order valence-electron chi connectivity index (χ2n) is 6.69. The summed E-state index contributed by atoms with van der Waals surface area (Å²) in [4.78, 5) is 18.4. The molecule has 2 N–H and O–H groups in total. The number of anilines is 1. The number of ether oxygens (including phenoxy) is 1. The van der Waals surface area contributed by atoms with Crippen LogP contribution in [0.2, 0.25) is 0 Å². The minimum absolute atomic E-state index is 0.193. The summed E-state index contributed by atoms with van der Waals surface area (Å²) in [5.74, 6) is -4.58. The van der Waals surface area contributed by atoms with Crippen LogP contribution in [0, 0.1) is 17.5 Å². The van der Waals surface area contributed by atoms with Gasteiger partial charge in [-0.1, -0.05) is 0 Å². The van der Waals surface area contributed by atoms with Crippen LogP contribution in [0.5, 0.6) is 0 Å². The van der Waals surface area contributed by atoms with Gasteiger partial charge in [-0.15, -0.1) is 0 Å². The molecule has 0 bridgehead atoms. The Morgan fingerprint density at radius 2 is 2.13 bits per heavy atom. The van der Waals surface area contributed by atoms with Crippen LogP contribution in [0.25, 0.3) is 0 Å². The Morgan fingerprint density at radius 3 is 2.83 bits per heavy atom. The van der Waals surface area contributed by atoms with Gasteiger partial charge in [-0.25, -0.2) is 18.2 Å². The number of carbonyl (C=O) groups is 1. The van der Waals surface area contributed by atoms with E-state index < -0.39 is 29.0 Å². The van der Waals surface area contributed by atoms with E-state index >= 15 is 0 Å². The second-order valence-corrected chi connectivity index (χ2v) is 6.69. The number of halogens is 3. The number of hydrogen-bond donors (Lipinski definition) is 2. The lowest BCUT2D eigenvalue weighted by Crippen LogP contribution is -2.48. The van der Waals surface area contributed by atoms with Crippen molar-refractivity contribution < 1.29 is 22.7 Å². The Kier molecular flexibility index (Phi) is 6.93. The number of amides is 1. The van der Waals surface area contributed by atoms with Crippen molar-refractivity contribution in [3.05, 3.63) is 47.5 Å². The van der Waals surface area contributed by atoms with Crippen molar-refractivity contribution in [3.63, 3.8) is 0 Å². The molecule has 2 heterocycles. The van der Waals surface area contributed by atoms with Gasteiger partial charge in [-0.05, 0) is 19.1 Å². The summed E-state index contributed by atoms with van der Waals surface area (Å²) in [7, 11) is 1.82. The van der Waals surface area contributed by atoms with E-state index in [-0.39, 0.29) is 12.6 Å². The lowest BCUT2D eigenvalue weighted by atomic mass is 10.1. The van der Waals surface area contributed by atoms with E-state index in [4.69, 9.17) is 4.74 Å². The monoisotopic (exact) mass is 424 g/mol. The molecule has 1 saturated heterocycles. The molecule has 1 fully saturated rings. The van der Waals surface area contributed by atoms with Gasteiger partial charge in [-0.2, -0.15) is 5.10 Å². The van der Waals surface area contributed by atoms with Gasteiger partial charge in [0.15, 0.2) is 23.4 Å². The molecule has 8 nitrogen and oxygen atoms in total. The molecule has 1 unspecified atom stereocenters. The summed E-state index contributed by atoms with van der Waals surface area (Å²) in [5.41, 5.74) is 0.492. The fourth-order valence-electron chi connectivity index (χ4n) is 3.03. The molecular formula is C19H23F3N6O2. The van der Waals surface area contributed by atoms with Crippen LogP contribution in [0.15, 0.2) is 29.5 Å². The number of nitrogens with one attached hydrogen (secondary N) is 2. The predicted octanol–water partition coefficient (Wildman–Crippen LogP) is 1.81. The molecule has 11 heteroatoms. The molecule has 30 heavy (non-hydrogen) atoms. The third-order valence-electron chi connectivity index (χ3n) is 4.48. The number of aliphatic imine (C=N–C) groups is 1. The molecule has 162 valence electrons. The number of carbonyl (C=O) groups excluding carboxylic acids is 1. The second kappa shape index (κ2) is 9.61. The van der Waals surface area contributed by atoms with Crippen molar-refractivity contribution in [2.45, 2.75) is 13.0 Å². The van der Waals surface area contributed by atoms with E-state index in [2.05, 4.69) is 20.7 Å². The summed E-state index contributed by atoms with van der Waals surface area (Å²) in [6.07, 6.45) is 3.42. The fourth-order valence-corrected chi connectivity index (χ4v) is 3.03. The average molecular weight is 424 g/mol. The smallest absolute Gasteiger partial charge is 0.246 e. The number of aryl methyl sites for hydroxylation is 1. The zero-order chi connectivity index (χ0) is 21.7. The van der Waals surface area contributed by atoms with E-state index in [9.17, 15) is 18.0 Å². The van der Waals surface area contributed by atoms with Crippen LogP contribution in [-0.4, -0.2) is 59.3 Å². The Balaban J connectivity index is 1.66. The number of morpholine rings is 1. The summed E-state index contributed by atoms with van der Waals surface area (Å²) >= 11 is 0. The third-order valence-corrected chi connectivity index (χ3v) is 4.48. The van der Waals surface area contributed by atoms with Gasteiger partial charge in [-0.3, -0.25) is 9.48 Å². The zero-order valence-electron chi connectivity index (χ0n) is 16.7. The van der Waals surface area contributed by atoms with Crippen LogP contribution in [-0.2, 0) is 16.6 Å². The lowest BCUT2D eigenvalue weighted by Gasteiger charge is -2.34. The Labute approximate surface area is 171 Å². The van der Waals surface area contributed by atoms with Gasteiger partial charge in [0.25, 0.3) is 0 Å². The van der Waals surface area contributed by atoms with E-state index in [0.717, 1.165) is 17.7 Å². The molecule has 1 atom stereocenters. The summed E-state index contributed by atoms with van der Waals surface area (Å²) in [6.45, 7) is 3.70. The molecule has 2 aromatic rings. The molecule has 3 rings (SSSR count). The largest absolute Gasteiger partial charge is 0.370 e. The number of nitrogens with zero attached hydrogens (tertiary/aromatic N) is 4. The zero-order valence-corrected chi connectivity index (χ0v) is 16.7. The number of hydrogen-bond acceptors (Lipinski definition) is 4. The summed E-state index contributed by atoms with van der Waals surface area (Å²) in [6, 6.07) is 1.70. The van der Waals surface area contributed by atoms with Crippen molar-refractivity contribution in [2.24, 2.45) is 12.0 Å². The van der Waals surface area contributed by atoms with Crippen molar-refractivity contribution in [2.75, 3.05) is 38.1 Å². The van der Waals surface area contributed by atoms with Gasteiger partial charge in [0.05, 0.1) is 25.0 Å². The van der Waals surface area contributed by atoms with Crippen LogP contribution in [0.1, 0.15) is 18.6 Å². The summed E-state index contributed by atoms with van der Waals surface area (Å²) in [5, 5.41) is 9.47. The Hall–Kier alpha value is -3.08. The maximum Gasteiger partial charge on any atom is 0.246 e. The van der Waals surface area contributed by atoms with E-state index in [0.29, 0.717) is 32.2 Å². The molecule has 1 aliphatic heterocycles. The Morgan fingerprint density at radius 1 is 1.33 bits per heavy atom. The molecule has 0 saturated carbocycles. The highest BCUT2D eigenvalue weighted by atomic mass is 19.2. The van der Waals surface area contributed by atoms with Gasteiger partial charge < -0.3 is 20.3 Å². The average Bonchev–Trinajstić information content (AvgIpc) is 3.18. The van der Waals surface area contributed by atoms with E-state index in [1.807, 2.05) is 25.1 Å². The van der Waals surface area contributed by atoms with Crippen LogP contribution in [0.4, 0.5) is 18.9 Å². The lowest BCUT2D eigenvalue weighted by molar-refractivity contribution is -0.114. The topological polar surface area (TPSA) is 83.8 Å². The number of guanidine groups is 1. The third kappa shape index (κ3) is 5.09. The number of benzene rings is 1. The maximum absolute atomic E-state index is 13.7. The highest BCUT2D eigenvalue weighted by molar-refractivity contribution is 5.94. The first-order chi connectivity index (χ1) is 14.4. The molecule has 1 aliphatic rings. The van der Waals surface area contributed by atoms with Crippen molar-refractivity contribution in [3.8, 4) is 0 Å². The van der Waals surface area contributed by atoms with Crippen molar-refractivity contribution in [1.82, 2.24) is 20.0 Å². The fraction of sp³-hybridized carbons (Fsp3) is 0.421. The maximum atomic E-state index is 13.7. The van der Waals surface area contributed by atoms with E-state index in [1.165, 1.54) is 0 Å². The standard InChI is InChI=1S/C19H23F3N6O2/c1-3-23-19(28-6-7-30-15(11-28)12-8-25-27(2)10-12)24-9-16(29)26-14-5-4-13(20)17(21)18(14)22/h4-5,8,10,15H,3,6-7,9,11H2,1-2H3,(H,23,24)(H,26,29).